The number of ether oxygens (including phenoxy) is 1. The quantitative estimate of drug-likeness (QED) is 0.165. The van der Waals surface area contributed by atoms with E-state index in [1.807, 2.05) is 43.3 Å². The Hall–Kier alpha value is -2.75. The third-order valence-corrected chi connectivity index (χ3v) is 12.0. The van der Waals surface area contributed by atoms with E-state index in [4.69, 9.17) is 4.74 Å². The predicted octanol–water partition coefficient (Wildman–Crippen LogP) is 9.73. The van der Waals surface area contributed by atoms with Gasteiger partial charge >= 0.3 is 5.97 Å². The Kier molecular flexibility index (Phi) is 21.6. The maximum absolute atomic E-state index is 13.2. The molecule has 1 saturated heterocycles. The van der Waals surface area contributed by atoms with Crippen molar-refractivity contribution in [1.82, 2.24) is 10.2 Å². The van der Waals surface area contributed by atoms with Crippen LogP contribution in [0, 0.1) is 24.7 Å². The summed E-state index contributed by atoms with van der Waals surface area (Å²) in [6, 6.07) is 12.4. The van der Waals surface area contributed by atoms with Gasteiger partial charge in [0, 0.05) is 31.5 Å². The first-order chi connectivity index (χ1) is 25.2. The monoisotopic (exact) mass is 757 g/mol. The SMILES string of the molecule is CCC1CCCCC1.CCCC(C)CC(C)CC.COC[C@@H]1CCCN1Cc1ccc(C(=O)NC(CCS(C)(=O)=O)C(=O)O)c(-c2ccccc2C)c1. The molecule has 3 unspecified atom stereocenters. The Morgan fingerprint density at radius 2 is 1.64 bits per heavy atom. The molecule has 2 aromatic rings. The number of likely N-dealkylation sites (tertiary alicyclic amines) is 1. The molecule has 4 atom stereocenters. The Labute approximate surface area is 322 Å². The summed E-state index contributed by atoms with van der Waals surface area (Å²) in [6.45, 7) is 15.9. The van der Waals surface area contributed by atoms with Gasteiger partial charge in [-0.3, -0.25) is 9.69 Å². The third-order valence-electron chi connectivity index (χ3n) is 11.0. The molecule has 4 rings (SSSR count). The van der Waals surface area contributed by atoms with Crippen LogP contribution < -0.4 is 5.32 Å². The van der Waals surface area contributed by atoms with Crippen LogP contribution >= 0.6 is 0 Å². The van der Waals surface area contributed by atoms with Gasteiger partial charge in [0.2, 0.25) is 0 Å². The third kappa shape index (κ3) is 17.5. The van der Waals surface area contributed by atoms with Crippen molar-refractivity contribution in [2.24, 2.45) is 17.8 Å². The molecule has 1 saturated carbocycles. The highest BCUT2D eigenvalue weighted by Crippen LogP contribution is 2.30. The number of aryl methyl sites for hydroxylation is 1. The summed E-state index contributed by atoms with van der Waals surface area (Å²) in [5, 5.41) is 12.1. The fraction of sp³-hybridized carbons (Fsp3) is 0.682. The van der Waals surface area contributed by atoms with Crippen molar-refractivity contribution in [2.75, 3.05) is 32.3 Å². The molecule has 1 heterocycles. The van der Waals surface area contributed by atoms with Crippen molar-refractivity contribution in [3.63, 3.8) is 0 Å². The molecule has 300 valence electrons. The van der Waals surface area contributed by atoms with E-state index >= 15 is 0 Å². The van der Waals surface area contributed by atoms with Crippen molar-refractivity contribution in [1.29, 1.82) is 0 Å². The number of rotatable bonds is 17. The summed E-state index contributed by atoms with van der Waals surface area (Å²) < 4.78 is 28.4. The van der Waals surface area contributed by atoms with Crippen LogP contribution in [-0.2, 0) is 25.9 Å². The maximum atomic E-state index is 13.2. The van der Waals surface area contributed by atoms with Crippen LogP contribution in [0.5, 0.6) is 0 Å². The largest absolute Gasteiger partial charge is 0.480 e. The van der Waals surface area contributed by atoms with Gasteiger partial charge in [-0.05, 0) is 91.3 Å². The molecular weight excluding hydrogens is 685 g/mol. The number of carbonyl (C=O) groups excluding carboxylic acids is 1. The lowest BCUT2D eigenvalue weighted by Crippen LogP contribution is -2.42. The second-order valence-electron chi connectivity index (χ2n) is 15.8. The number of carboxylic acid groups (broad SMARTS) is 1. The molecule has 2 N–H and O–H groups in total. The van der Waals surface area contributed by atoms with E-state index in [2.05, 4.69) is 44.8 Å². The number of aliphatic carboxylic acids is 1. The average molecular weight is 757 g/mol. The minimum absolute atomic E-state index is 0.201. The van der Waals surface area contributed by atoms with Crippen LogP contribution in [0.15, 0.2) is 42.5 Å². The summed E-state index contributed by atoms with van der Waals surface area (Å²) in [7, 11) is -1.66. The van der Waals surface area contributed by atoms with Gasteiger partial charge in [0.15, 0.2) is 0 Å². The van der Waals surface area contributed by atoms with Crippen LogP contribution in [0.4, 0.5) is 0 Å². The van der Waals surface area contributed by atoms with Crippen molar-refractivity contribution < 1.29 is 27.9 Å². The second kappa shape index (κ2) is 24.6. The lowest BCUT2D eigenvalue weighted by atomic mass is 9.88. The highest BCUT2D eigenvalue weighted by molar-refractivity contribution is 7.90. The Bertz CT molecular complexity index is 1470. The summed E-state index contributed by atoms with van der Waals surface area (Å²) in [5.41, 5.74) is 3.99. The van der Waals surface area contributed by atoms with Crippen LogP contribution in [-0.4, -0.2) is 74.7 Å². The number of hydrogen-bond donors (Lipinski definition) is 2. The van der Waals surface area contributed by atoms with Crippen molar-refractivity contribution in [2.45, 2.75) is 144 Å². The molecule has 53 heavy (non-hydrogen) atoms. The number of carbonyl (C=O) groups is 2. The summed E-state index contributed by atoms with van der Waals surface area (Å²) >= 11 is 0. The topological polar surface area (TPSA) is 113 Å². The molecule has 0 spiro atoms. The molecule has 2 fully saturated rings. The van der Waals surface area contributed by atoms with Crippen LogP contribution in [0.2, 0.25) is 0 Å². The number of nitrogens with zero attached hydrogens (tertiary/aromatic N) is 1. The van der Waals surface area contributed by atoms with Gasteiger partial charge in [-0.15, -0.1) is 0 Å². The molecule has 2 aliphatic rings. The van der Waals surface area contributed by atoms with E-state index in [0.29, 0.717) is 23.8 Å². The smallest absolute Gasteiger partial charge is 0.326 e. The number of methoxy groups -OCH3 is 1. The first-order valence-corrected chi connectivity index (χ1v) is 22.4. The van der Waals surface area contributed by atoms with E-state index in [1.165, 1.54) is 64.2 Å². The van der Waals surface area contributed by atoms with Gasteiger partial charge < -0.3 is 15.2 Å². The minimum Gasteiger partial charge on any atom is -0.480 e. The Morgan fingerprint density at radius 1 is 0.943 bits per heavy atom. The molecular formula is C44H72N2O6S. The van der Waals surface area contributed by atoms with Crippen molar-refractivity contribution in [3.05, 3.63) is 59.2 Å². The molecule has 0 bridgehead atoms. The molecule has 0 aromatic heterocycles. The van der Waals surface area contributed by atoms with E-state index in [9.17, 15) is 23.1 Å². The number of carboxylic acids is 1. The highest BCUT2D eigenvalue weighted by Gasteiger charge is 2.27. The number of sulfone groups is 1. The number of amides is 1. The van der Waals surface area contributed by atoms with E-state index in [0.717, 1.165) is 66.6 Å². The van der Waals surface area contributed by atoms with Gasteiger partial charge in [0.25, 0.3) is 5.91 Å². The zero-order valence-electron chi connectivity index (χ0n) is 34.3. The highest BCUT2D eigenvalue weighted by atomic mass is 32.2. The molecule has 2 aromatic carbocycles. The Balaban J connectivity index is 0.000000440. The van der Waals surface area contributed by atoms with E-state index < -0.39 is 27.8 Å². The summed E-state index contributed by atoms with van der Waals surface area (Å²) in [4.78, 5) is 27.3. The second-order valence-corrected chi connectivity index (χ2v) is 18.0. The van der Waals surface area contributed by atoms with Crippen LogP contribution in [0.1, 0.15) is 140 Å². The molecule has 8 nitrogen and oxygen atoms in total. The number of nitrogens with one attached hydrogen (secondary N) is 1. The zero-order valence-corrected chi connectivity index (χ0v) is 35.1. The zero-order chi connectivity index (χ0) is 39.4. The minimum atomic E-state index is -3.36. The van der Waals surface area contributed by atoms with E-state index in [1.54, 1.807) is 13.2 Å². The molecule has 9 heteroatoms. The average Bonchev–Trinajstić information content (AvgIpc) is 3.56. The fourth-order valence-electron chi connectivity index (χ4n) is 7.59. The van der Waals surface area contributed by atoms with Gasteiger partial charge in [-0.2, -0.15) is 0 Å². The lowest BCUT2D eigenvalue weighted by molar-refractivity contribution is -0.139. The first kappa shape index (κ1) is 46.4. The Morgan fingerprint density at radius 3 is 2.21 bits per heavy atom. The van der Waals surface area contributed by atoms with Crippen molar-refractivity contribution in [3.8, 4) is 11.1 Å². The molecule has 1 aliphatic heterocycles. The number of benzene rings is 2. The standard InChI is InChI=1S/C26H34N2O6S.C10H22.C8H16/c1-18-7-4-5-9-21(18)23-15-19(16-28-13-6-8-20(28)17-34-2)10-11-22(23)25(29)27-24(26(30)31)12-14-35(3,32)33;1-5-7-10(4)8-9(3)6-2;1-2-8-6-4-3-5-7-8/h4-5,7,9-11,15,20,24H,6,8,12-14,16-17H2,1-3H3,(H,27,29)(H,30,31);9-10H,5-8H2,1-4H3;8H,2-7H2,1H3/t20-,24?;;/m0../s1. The van der Waals surface area contributed by atoms with Gasteiger partial charge in [0.1, 0.15) is 15.9 Å². The van der Waals surface area contributed by atoms with Crippen LogP contribution in [0.25, 0.3) is 11.1 Å². The molecule has 1 amide bonds. The summed E-state index contributed by atoms with van der Waals surface area (Å²) in [5.74, 6) is 0.820. The fourth-order valence-corrected chi connectivity index (χ4v) is 8.25. The van der Waals surface area contributed by atoms with Gasteiger partial charge in [0.05, 0.1) is 12.4 Å². The lowest BCUT2D eigenvalue weighted by Gasteiger charge is -2.24. The predicted molar refractivity (Wildman–Crippen MR) is 220 cm³/mol. The van der Waals surface area contributed by atoms with Gasteiger partial charge in [-0.1, -0.05) is 123 Å². The normalized spacial score (nSPS) is 18.2. The summed E-state index contributed by atoms with van der Waals surface area (Å²) in [6.07, 6.45) is 17.5. The van der Waals surface area contributed by atoms with Crippen molar-refractivity contribution >= 4 is 21.7 Å². The first-order valence-electron chi connectivity index (χ1n) is 20.4. The van der Waals surface area contributed by atoms with Crippen LogP contribution in [0.3, 0.4) is 0 Å². The van der Waals surface area contributed by atoms with Gasteiger partial charge in [-0.25, -0.2) is 13.2 Å². The number of hydrogen-bond acceptors (Lipinski definition) is 6. The maximum Gasteiger partial charge on any atom is 0.326 e. The van der Waals surface area contributed by atoms with E-state index in [-0.39, 0.29) is 12.2 Å². The molecule has 1 aliphatic carbocycles. The molecule has 0 radical (unpaired) electrons.